The zero-order valence-corrected chi connectivity index (χ0v) is 23.0. The van der Waals surface area contributed by atoms with E-state index in [-0.39, 0.29) is 41.1 Å². The van der Waals surface area contributed by atoms with Crippen molar-refractivity contribution in [2.75, 3.05) is 44.3 Å². The fraction of sp³-hybridized carbons (Fsp3) is 0.458. The number of nitrogens with zero attached hydrogens (tertiary/aromatic N) is 5. The van der Waals surface area contributed by atoms with Crippen LogP contribution < -0.4 is 21.7 Å². The molecular formula is C24H27ClF3N9O2S. The van der Waals surface area contributed by atoms with Gasteiger partial charge in [0.05, 0.1) is 5.54 Å². The quantitative estimate of drug-likeness (QED) is 0.388. The molecule has 214 valence electrons. The van der Waals surface area contributed by atoms with E-state index in [0.29, 0.717) is 18.9 Å². The summed E-state index contributed by atoms with van der Waals surface area (Å²) in [6, 6.07) is 5.77. The van der Waals surface area contributed by atoms with Crippen LogP contribution in [0.3, 0.4) is 0 Å². The van der Waals surface area contributed by atoms with Crippen LogP contribution in [-0.4, -0.2) is 81.9 Å². The Labute approximate surface area is 237 Å². The Morgan fingerprint density at radius 2 is 1.95 bits per heavy atom. The smallest absolute Gasteiger partial charge is 0.381 e. The summed E-state index contributed by atoms with van der Waals surface area (Å²) in [7, 11) is 1.59. The number of carbonyl (C=O) groups excluding carboxylic acids is 2. The lowest BCUT2D eigenvalue weighted by molar-refractivity contribution is -0.186. The summed E-state index contributed by atoms with van der Waals surface area (Å²) in [6.07, 6.45) is -2.93. The predicted octanol–water partition coefficient (Wildman–Crippen LogP) is 2.43. The molecule has 5 N–H and O–H groups in total. The number of amides is 2. The first-order valence-electron chi connectivity index (χ1n) is 12.5. The minimum atomic E-state index is -4.87. The highest BCUT2D eigenvalue weighted by Gasteiger charge is 2.43. The number of aliphatic imine (C=N–C) groups is 1. The molecule has 0 unspecified atom stereocenters. The number of anilines is 2. The average molecular weight is 598 g/mol. The summed E-state index contributed by atoms with van der Waals surface area (Å²) in [6.45, 7) is 2.07. The summed E-state index contributed by atoms with van der Waals surface area (Å²) in [4.78, 5) is 38.4. The lowest BCUT2D eigenvalue weighted by Gasteiger charge is -2.38. The standard InChI is InChI=1S/C24H27ClF3N9O2S/c1-30-19-16(32-17(25)18(29)33-19)20(38)34-22-31-12-23(35-22)5-8-37(9-6-23)40-15-3-2-13-4-7-36(11-14(13)10-15)21(39)24(26,27)28/h2-3,10H,4-9,11-12H2,1H3,(H3,29,30,33)(H2,31,34,35,38). The van der Waals surface area contributed by atoms with Crippen LogP contribution in [0.25, 0.3) is 0 Å². The molecule has 5 rings (SSSR count). The molecule has 0 saturated carbocycles. The molecule has 4 heterocycles. The van der Waals surface area contributed by atoms with Crippen molar-refractivity contribution in [3.05, 3.63) is 40.2 Å². The number of carbonyl (C=O) groups is 2. The number of hydrogen-bond donors (Lipinski definition) is 4. The largest absolute Gasteiger partial charge is 0.471 e. The van der Waals surface area contributed by atoms with Crippen LogP contribution in [0, 0.1) is 0 Å². The van der Waals surface area contributed by atoms with Crippen molar-refractivity contribution in [2.45, 2.75) is 42.4 Å². The molecule has 0 aliphatic carbocycles. The van der Waals surface area contributed by atoms with Crippen molar-refractivity contribution in [1.82, 2.24) is 29.8 Å². The van der Waals surface area contributed by atoms with Gasteiger partial charge < -0.3 is 26.6 Å². The molecule has 2 saturated heterocycles. The molecule has 0 atom stereocenters. The van der Waals surface area contributed by atoms with Gasteiger partial charge in [0.1, 0.15) is 0 Å². The van der Waals surface area contributed by atoms with Gasteiger partial charge in [-0.2, -0.15) is 18.2 Å². The number of halogens is 4. The zero-order valence-electron chi connectivity index (χ0n) is 21.4. The minimum absolute atomic E-state index is 0.00448. The van der Waals surface area contributed by atoms with Gasteiger partial charge in [0, 0.05) is 44.7 Å². The molecule has 2 amide bonds. The normalized spacial score (nSPS) is 19.7. The Balaban J connectivity index is 1.18. The summed E-state index contributed by atoms with van der Waals surface area (Å²) in [5.41, 5.74) is 7.05. The summed E-state index contributed by atoms with van der Waals surface area (Å²) in [5, 5.41) is 9.19. The van der Waals surface area contributed by atoms with Crippen LogP contribution in [0.15, 0.2) is 28.1 Å². The van der Waals surface area contributed by atoms with Gasteiger partial charge in [0.15, 0.2) is 28.4 Å². The Bertz CT molecular complexity index is 1370. The lowest BCUT2D eigenvalue weighted by Crippen LogP contribution is -2.51. The molecule has 1 aromatic carbocycles. The van der Waals surface area contributed by atoms with Crippen molar-refractivity contribution < 1.29 is 22.8 Å². The molecule has 16 heteroatoms. The zero-order chi connectivity index (χ0) is 28.7. The van der Waals surface area contributed by atoms with Gasteiger partial charge in [-0.25, -0.2) is 14.3 Å². The van der Waals surface area contributed by atoms with E-state index < -0.39 is 18.0 Å². The van der Waals surface area contributed by atoms with Crippen molar-refractivity contribution in [2.24, 2.45) is 4.99 Å². The summed E-state index contributed by atoms with van der Waals surface area (Å²) in [5.74, 6) is -1.90. The number of aromatic nitrogens is 2. The van der Waals surface area contributed by atoms with Crippen LogP contribution in [0.4, 0.5) is 24.8 Å². The third kappa shape index (κ3) is 5.90. The molecule has 40 heavy (non-hydrogen) atoms. The van der Waals surface area contributed by atoms with Gasteiger partial charge >= 0.3 is 18.0 Å². The Morgan fingerprint density at radius 3 is 2.65 bits per heavy atom. The molecule has 11 nitrogen and oxygen atoms in total. The lowest BCUT2D eigenvalue weighted by atomic mass is 9.90. The van der Waals surface area contributed by atoms with E-state index in [1.807, 2.05) is 18.2 Å². The first-order valence-corrected chi connectivity index (χ1v) is 13.7. The number of hydrogen-bond acceptors (Lipinski definition) is 8. The first kappa shape index (κ1) is 28.2. The van der Waals surface area contributed by atoms with Crippen molar-refractivity contribution in [3.8, 4) is 0 Å². The Morgan fingerprint density at radius 1 is 1.20 bits per heavy atom. The molecule has 1 aromatic heterocycles. The highest BCUT2D eigenvalue weighted by atomic mass is 35.5. The second kappa shape index (κ2) is 10.9. The van der Waals surface area contributed by atoms with Gasteiger partial charge in [-0.05, 0) is 54.5 Å². The van der Waals surface area contributed by atoms with E-state index in [4.69, 9.17) is 17.3 Å². The second-order valence-corrected chi connectivity index (χ2v) is 11.3. The van der Waals surface area contributed by atoms with Crippen LogP contribution in [-0.2, 0) is 17.8 Å². The predicted molar refractivity (Wildman–Crippen MR) is 145 cm³/mol. The van der Waals surface area contributed by atoms with Crippen molar-refractivity contribution in [3.63, 3.8) is 0 Å². The highest BCUT2D eigenvalue weighted by molar-refractivity contribution is 7.97. The summed E-state index contributed by atoms with van der Waals surface area (Å²) < 4.78 is 40.9. The fourth-order valence-corrected chi connectivity index (χ4v) is 6.08. The third-order valence-corrected chi connectivity index (χ3v) is 8.51. The van der Waals surface area contributed by atoms with Gasteiger partial charge in [-0.3, -0.25) is 9.59 Å². The number of guanidine groups is 1. The molecule has 0 radical (unpaired) electrons. The average Bonchev–Trinajstić information content (AvgIpc) is 3.31. The summed E-state index contributed by atoms with van der Waals surface area (Å²) >= 11 is 7.48. The highest BCUT2D eigenvalue weighted by Crippen LogP contribution is 2.34. The molecule has 3 aliphatic heterocycles. The maximum Gasteiger partial charge on any atom is 0.471 e. The van der Waals surface area contributed by atoms with Crippen LogP contribution in [0.1, 0.15) is 34.5 Å². The second-order valence-electron chi connectivity index (χ2n) is 9.80. The number of nitrogens with one attached hydrogen (secondary N) is 3. The van der Waals surface area contributed by atoms with Crippen LogP contribution in [0.5, 0.6) is 0 Å². The van der Waals surface area contributed by atoms with E-state index >= 15 is 0 Å². The maximum atomic E-state index is 12.9. The Hall–Kier alpha value is -3.30. The SMILES string of the molecule is CNc1nc(N)c(Cl)nc1C(=O)/N=C1\NCC2(CCN(Sc3ccc4c(c3)CN(C(=O)C(F)(F)F)CC4)CC2)N1. The molecule has 1 spiro atoms. The van der Waals surface area contributed by atoms with Crippen molar-refractivity contribution in [1.29, 1.82) is 0 Å². The number of benzene rings is 1. The van der Waals surface area contributed by atoms with Crippen LogP contribution in [0.2, 0.25) is 5.15 Å². The third-order valence-electron chi connectivity index (χ3n) is 7.14. The van der Waals surface area contributed by atoms with E-state index in [2.05, 4.69) is 35.2 Å². The van der Waals surface area contributed by atoms with Gasteiger partial charge in [0.2, 0.25) is 0 Å². The number of rotatable bonds is 4. The number of nitrogens with two attached hydrogens (primary N) is 1. The molecule has 3 aliphatic rings. The van der Waals surface area contributed by atoms with Crippen LogP contribution >= 0.6 is 23.5 Å². The van der Waals surface area contributed by atoms with E-state index in [1.165, 1.54) is 0 Å². The van der Waals surface area contributed by atoms with E-state index in [9.17, 15) is 22.8 Å². The number of alkyl halides is 3. The van der Waals surface area contributed by atoms with Gasteiger partial charge in [0.25, 0.3) is 0 Å². The van der Waals surface area contributed by atoms with E-state index in [1.54, 1.807) is 19.0 Å². The number of nitrogen functional groups attached to an aromatic ring is 1. The molecular weight excluding hydrogens is 571 g/mol. The fourth-order valence-electron chi connectivity index (χ4n) is 4.97. The van der Waals surface area contributed by atoms with Gasteiger partial charge in [-0.15, -0.1) is 0 Å². The monoisotopic (exact) mass is 597 g/mol. The molecule has 2 fully saturated rings. The molecule has 2 aromatic rings. The maximum absolute atomic E-state index is 12.9. The topological polar surface area (TPSA) is 141 Å². The Kier molecular flexibility index (Phi) is 7.72. The molecule has 0 bridgehead atoms. The minimum Gasteiger partial charge on any atom is -0.381 e. The number of piperidine rings is 1. The first-order chi connectivity index (χ1) is 19.0. The number of fused-ring (bicyclic) bond motifs is 1. The van der Waals surface area contributed by atoms with Crippen molar-refractivity contribution >= 4 is 53.0 Å². The van der Waals surface area contributed by atoms with E-state index in [0.717, 1.165) is 46.9 Å². The van der Waals surface area contributed by atoms with Gasteiger partial charge in [-0.1, -0.05) is 17.7 Å².